The molecule has 2 heterocycles. The van der Waals surface area contributed by atoms with E-state index in [1.165, 1.54) is 17.3 Å². The van der Waals surface area contributed by atoms with E-state index in [1.54, 1.807) is 18.3 Å². The lowest BCUT2D eigenvalue weighted by Gasteiger charge is -1.97. The van der Waals surface area contributed by atoms with Gasteiger partial charge in [0.25, 0.3) is 0 Å². The first-order chi connectivity index (χ1) is 6.40. The third kappa shape index (κ3) is 1.37. The lowest BCUT2D eigenvalue weighted by atomic mass is 10.3. The fourth-order valence-electron chi connectivity index (χ4n) is 0.940. The molecule has 2 aromatic rings. The highest BCUT2D eigenvalue weighted by molar-refractivity contribution is 5.34. The first-order valence-electron chi connectivity index (χ1n) is 3.61. The van der Waals surface area contributed by atoms with Crippen LogP contribution in [0.25, 0.3) is 5.82 Å². The van der Waals surface area contributed by atoms with Crippen molar-refractivity contribution in [3.8, 4) is 11.9 Å². The van der Waals surface area contributed by atoms with Crippen LogP contribution in [0, 0.1) is 11.3 Å². The van der Waals surface area contributed by atoms with Crippen molar-refractivity contribution >= 4 is 0 Å². The van der Waals surface area contributed by atoms with Gasteiger partial charge in [0.05, 0.1) is 11.6 Å². The van der Waals surface area contributed by atoms with E-state index in [9.17, 15) is 0 Å². The summed E-state index contributed by atoms with van der Waals surface area (Å²) in [6.07, 6.45) is 4.51. The van der Waals surface area contributed by atoms with Crippen molar-refractivity contribution in [1.82, 2.24) is 19.7 Å². The molecule has 0 amide bonds. The number of hydrogen-bond acceptors (Lipinski definition) is 4. The summed E-state index contributed by atoms with van der Waals surface area (Å²) in [6, 6.07) is 5.31. The van der Waals surface area contributed by atoms with Crippen LogP contribution in [0.5, 0.6) is 0 Å². The van der Waals surface area contributed by atoms with Crippen LogP contribution < -0.4 is 0 Å². The maximum absolute atomic E-state index is 8.64. The second-order valence-corrected chi connectivity index (χ2v) is 2.35. The van der Waals surface area contributed by atoms with Crippen molar-refractivity contribution in [1.29, 1.82) is 5.26 Å². The third-order valence-electron chi connectivity index (χ3n) is 1.53. The van der Waals surface area contributed by atoms with Crippen molar-refractivity contribution in [2.45, 2.75) is 0 Å². The van der Waals surface area contributed by atoms with E-state index in [0.717, 1.165) is 0 Å². The first kappa shape index (κ1) is 7.43. The smallest absolute Gasteiger partial charge is 0.156 e. The molecule has 0 radical (unpaired) electrons. The molecule has 62 valence electrons. The molecule has 0 aliphatic heterocycles. The molecule has 0 spiro atoms. The summed E-state index contributed by atoms with van der Waals surface area (Å²) < 4.78 is 1.50. The van der Waals surface area contributed by atoms with Crippen molar-refractivity contribution in [2.24, 2.45) is 0 Å². The van der Waals surface area contributed by atoms with Gasteiger partial charge in [0.15, 0.2) is 5.82 Å². The maximum atomic E-state index is 8.64. The van der Waals surface area contributed by atoms with Gasteiger partial charge >= 0.3 is 0 Å². The number of nitriles is 1. The Kier molecular flexibility index (Phi) is 1.73. The zero-order valence-electron chi connectivity index (χ0n) is 6.62. The van der Waals surface area contributed by atoms with E-state index in [1.807, 2.05) is 6.07 Å². The van der Waals surface area contributed by atoms with Crippen LogP contribution in [0.2, 0.25) is 0 Å². The summed E-state index contributed by atoms with van der Waals surface area (Å²) in [5.74, 6) is 0.594. The topological polar surface area (TPSA) is 67.4 Å². The summed E-state index contributed by atoms with van der Waals surface area (Å²) in [6.45, 7) is 0. The molecule has 0 fully saturated rings. The maximum Gasteiger partial charge on any atom is 0.156 e. The van der Waals surface area contributed by atoms with Crippen LogP contribution in [-0.2, 0) is 0 Å². The van der Waals surface area contributed by atoms with Gasteiger partial charge in [0, 0.05) is 12.3 Å². The Balaban J connectivity index is 2.49. The molecule has 0 bridgehead atoms. The Bertz CT molecular complexity index is 440. The number of rotatable bonds is 1. The van der Waals surface area contributed by atoms with Gasteiger partial charge in [0.1, 0.15) is 12.7 Å². The largest absolute Gasteiger partial charge is 0.237 e. The molecule has 0 aliphatic carbocycles. The highest BCUT2D eigenvalue weighted by Gasteiger charge is 1.98. The standard InChI is InChI=1S/C8H5N5/c9-4-7-1-2-11-8(3-7)13-6-10-5-12-13/h1-3,5-6H. The van der Waals surface area contributed by atoms with E-state index in [-0.39, 0.29) is 0 Å². The van der Waals surface area contributed by atoms with Gasteiger partial charge < -0.3 is 0 Å². The van der Waals surface area contributed by atoms with Crippen LogP contribution >= 0.6 is 0 Å². The first-order valence-corrected chi connectivity index (χ1v) is 3.61. The number of pyridine rings is 1. The van der Waals surface area contributed by atoms with Crippen molar-refractivity contribution in [3.05, 3.63) is 36.5 Å². The number of aromatic nitrogens is 4. The predicted octanol–water partition coefficient (Wildman–Crippen LogP) is 0.534. The summed E-state index contributed by atoms with van der Waals surface area (Å²) in [7, 11) is 0. The monoisotopic (exact) mass is 171 g/mol. The van der Waals surface area contributed by atoms with E-state index in [4.69, 9.17) is 5.26 Å². The van der Waals surface area contributed by atoms with Gasteiger partial charge in [0.2, 0.25) is 0 Å². The Labute approximate surface area is 74.3 Å². The normalized spacial score (nSPS) is 9.46. The predicted molar refractivity (Wildman–Crippen MR) is 43.9 cm³/mol. The number of hydrogen-bond donors (Lipinski definition) is 0. The Morgan fingerprint density at radius 3 is 3.08 bits per heavy atom. The molecule has 0 atom stereocenters. The molecule has 5 nitrogen and oxygen atoms in total. The van der Waals surface area contributed by atoms with Crippen LogP contribution in [-0.4, -0.2) is 19.7 Å². The second-order valence-electron chi connectivity index (χ2n) is 2.35. The zero-order valence-corrected chi connectivity index (χ0v) is 6.62. The third-order valence-corrected chi connectivity index (χ3v) is 1.53. The highest BCUT2D eigenvalue weighted by Crippen LogP contribution is 2.03. The average Bonchev–Trinajstić information content (AvgIpc) is 2.71. The minimum Gasteiger partial charge on any atom is -0.237 e. The molecule has 0 saturated heterocycles. The minimum absolute atomic E-state index is 0.556. The molecule has 0 saturated carbocycles. The van der Waals surface area contributed by atoms with Crippen LogP contribution in [0.15, 0.2) is 31.0 Å². The van der Waals surface area contributed by atoms with E-state index in [0.29, 0.717) is 11.4 Å². The van der Waals surface area contributed by atoms with Crippen LogP contribution in [0.3, 0.4) is 0 Å². The summed E-state index contributed by atoms with van der Waals surface area (Å²) >= 11 is 0. The van der Waals surface area contributed by atoms with Gasteiger partial charge in [-0.2, -0.15) is 10.4 Å². The van der Waals surface area contributed by atoms with Crippen molar-refractivity contribution < 1.29 is 0 Å². The SMILES string of the molecule is N#Cc1ccnc(-n2cncn2)c1. The van der Waals surface area contributed by atoms with E-state index >= 15 is 0 Å². The Hall–Kier alpha value is -2.22. The Morgan fingerprint density at radius 1 is 1.46 bits per heavy atom. The molecule has 2 aromatic heterocycles. The van der Waals surface area contributed by atoms with Gasteiger partial charge in [-0.15, -0.1) is 0 Å². The molecule has 0 aliphatic rings. The van der Waals surface area contributed by atoms with Gasteiger partial charge in [-0.05, 0) is 6.07 Å². The summed E-state index contributed by atoms with van der Waals surface area (Å²) in [5.41, 5.74) is 0.556. The van der Waals surface area contributed by atoms with Crippen LogP contribution in [0.1, 0.15) is 5.56 Å². The van der Waals surface area contributed by atoms with Crippen LogP contribution in [0.4, 0.5) is 0 Å². The van der Waals surface area contributed by atoms with Crippen molar-refractivity contribution in [2.75, 3.05) is 0 Å². The minimum atomic E-state index is 0.556. The molecule has 2 rings (SSSR count). The van der Waals surface area contributed by atoms with Gasteiger partial charge in [-0.3, -0.25) is 0 Å². The second kappa shape index (κ2) is 3.03. The Morgan fingerprint density at radius 2 is 2.38 bits per heavy atom. The molecule has 0 N–H and O–H groups in total. The highest BCUT2D eigenvalue weighted by atomic mass is 15.3. The fourth-order valence-corrected chi connectivity index (χ4v) is 0.940. The quantitative estimate of drug-likeness (QED) is 0.627. The van der Waals surface area contributed by atoms with E-state index in [2.05, 4.69) is 15.1 Å². The molecular formula is C8H5N5. The zero-order chi connectivity index (χ0) is 9.10. The number of nitrogens with zero attached hydrogens (tertiary/aromatic N) is 5. The molecular weight excluding hydrogens is 166 g/mol. The lowest BCUT2D eigenvalue weighted by molar-refractivity contribution is 0.844. The summed E-state index contributed by atoms with van der Waals surface area (Å²) in [5, 5.41) is 12.5. The fraction of sp³-hybridized carbons (Fsp3) is 0. The van der Waals surface area contributed by atoms with Gasteiger partial charge in [-0.1, -0.05) is 0 Å². The van der Waals surface area contributed by atoms with Gasteiger partial charge in [-0.25, -0.2) is 14.6 Å². The van der Waals surface area contributed by atoms with E-state index < -0.39 is 0 Å². The molecule has 0 aromatic carbocycles. The molecule has 0 unspecified atom stereocenters. The lowest BCUT2D eigenvalue weighted by Crippen LogP contribution is -1.97. The summed E-state index contributed by atoms with van der Waals surface area (Å²) in [4.78, 5) is 7.82. The average molecular weight is 171 g/mol. The molecule has 13 heavy (non-hydrogen) atoms. The van der Waals surface area contributed by atoms with Crippen molar-refractivity contribution in [3.63, 3.8) is 0 Å². The molecule has 5 heteroatoms.